The van der Waals surface area contributed by atoms with Gasteiger partial charge in [-0.05, 0) is 46.5 Å². The molecule has 4 heteroatoms. The second-order valence-electron chi connectivity index (χ2n) is 6.29. The molecule has 1 aliphatic carbocycles. The summed E-state index contributed by atoms with van der Waals surface area (Å²) in [6.07, 6.45) is 4.58. The molecule has 0 N–H and O–H groups in total. The molecule has 0 bridgehead atoms. The van der Waals surface area contributed by atoms with Crippen LogP contribution in [-0.2, 0) is 14.3 Å². The summed E-state index contributed by atoms with van der Waals surface area (Å²) in [4.78, 5) is 12.0. The van der Waals surface area contributed by atoms with Gasteiger partial charge in [-0.25, -0.2) is 4.79 Å². The molecule has 0 aromatic rings. The van der Waals surface area contributed by atoms with Crippen LogP contribution in [0.5, 0.6) is 0 Å². The van der Waals surface area contributed by atoms with E-state index in [-0.39, 0.29) is 0 Å². The Kier molecular flexibility index (Phi) is 2.98. The summed E-state index contributed by atoms with van der Waals surface area (Å²) in [7, 11) is 0. The van der Waals surface area contributed by atoms with Crippen molar-refractivity contribution in [3.8, 4) is 0 Å². The number of halogens is 1. The number of epoxide rings is 1. The molecule has 17 heavy (non-hydrogen) atoms. The van der Waals surface area contributed by atoms with Crippen LogP contribution in [0.15, 0.2) is 0 Å². The van der Waals surface area contributed by atoms with Crippen molar-refractivity contribution in [3.05, 3.63) is 0 Å². The topological polar surface area (TPSA) is 38.8 Å². The number of rotatable bonds is 2. The first-order chi connectivity index (χ1) is 7.69. The van der Waals surface area contributed by atoms with Gasteiger partial charge in [0.15, 0.2) is 0 Å². The average molecular weight is 261 g/mol. The van der Waals surface area contributed by atoms with Crippen molar-refractivity contribution >= 4 is 17.6 Å². The summed E-state index contributed by atoms with van der Waals surface area (Å²) in [5, 5.41) is -1.25. The fourth-order valence-corrected chi connectivity index (χ4v) is 3.03. The fraction of sp³-hybridized carbons (Fsp3) is 0.923. The molecule has 0 spiro atoms. The molecule has 0 aromatic heterocycles. The van der Waals surface area contributed by atoms with Gasteiger partial charge in [-0.3, -0.25) is 0 Å². The van der Waals surface area contributed by atoms with Crippen LogP contribution in [0.3, 0.4) is 0 Å². The van der Waals surface area contributed by atoms with Gasteiger partial charge in [0.2, 0.25) is 0 Å². The van der Waals surface area contributed by atoms with Gasteiger partial charge in [0.1, 0.15) is 11.2 Å². The zero-order chi connectivity index (χ0) is 12.9. The lowest BCUT2D eigenvalue weighted by molar-refractivity contribution is -0.158. The number of ether oxygens (including phenoxy) is 2. The molecule has 1 heterocycles. The van der Waals surface area contributed by atoms with Gasteiger partial charge >= 0.3 is 5.97 Å². The van der Waals surface area contributed by atoms with E-state index in [2.05, 4.69) is 0 Å². The molecule has 2 atom stereocenters. The van der Waals surface area contributed by atoms with Crippen molar-refractivity contribution in [2.75, 3.05) is 0 Å². The highest BCUT2D eigenvalue weighted by Gasteiger charge is 2.75. The molecule has 0 aromatic carbocycles. The first kappa shape index (κ1) is 13.2. The predicted molar refractivity (Wildman–Crippen MR) is 65.9 cm³/mol. The van der Waals surface area contributed by atoms with Crippen LogP contribution >= 0.6 is 11.6 Å². The zero-order valence-electron chi connectivity index (χ0n) is 11.0. The second kappa shape index (κ2) is 3.86. The largest absolute Gasteiger partial charge is 0.457 e. The number of carbonyl (C=O) groups excluding carboxylic acids is 1. The Morgan fingerprint density at radius 1 is 1.35 bits per heavy atom. The number of esters is 1. The maximum atomic E-state index is 12.0. The molecule has 2 fully saturated rings. The third-order valence-corrected chi connectivity index (χ3v) is 4.35. The van der Waals surface area contributed by atoms with Crippen LogP contribution in [0.2, 0.25) is 0 Å². The molecule has 98 valence electrons. The minimum absolute atomic E-state index is 0.382. The summed E-state index contributed by atoms with van der Waals surface area (Å²) in [5.74, 6) is -0.0615. The van der Waals surface area contributed by atoms with E-state index in [1.54, 1.807) is 0 Å². The summed E-state index contributed by atoms with van der Waals surface area (Å²) in [6, 6.07) is 0. The van der Waals surface area contributed by atoms with Crippen LogP contribution in [0.25, 0.3) is 0 Å². The van der Waals surface area contributed by atoms with Gasteiger partial charge < -0.3 is 9.47 Å². The quantitative estimate of drug-likeness (QED) is 0.435. The van der Waals surface area contributed by atoms with Crippen molar-refractivity contribution in [1.29, 1.82) is 0 Å². The Morgan fingerprint density at radius 3 is 2.35 bits per heavy atom. The summed E-state index contributed by atoms with van der Waals surface area (Å²) < 4.78 is 10.9. The molecular formula is C13H21ClO3. The maximum absolute atomic E-state index is 12.0. The Bertz CT molecular complexity index is 330. The van der Waals surface area contributed by atoms with E-state index in [4.69, 9.17) is 21.1 Å². The van der Waals surface area contributed by atoms with Crippen LogP contribution in [-0.4, -0.2) is 22.2 Å². The van der Waals surface area contributed by atoms with Gasteiger partial charge in [-0.15, -0.1) is 0 Å². The van der Waals surface area contributed by atoms with Crippen LogP contribution in [0, 0.1) is 5.92 Å². The average Bonchev–Trinajstić information content (AvgIpc) is 2.64. The minimum Gasteiger partial charge on any atom is -0.457 e. The molecular weight excluding hydrogens is 240 g/mol. The summed E-state index contributed by atoms with van der Waals surface area (Å²) >= 11 is 6.29. The number of hydrogen-bond acceptors (Lipinski definition) is 3. The lowest BCUT2D eigenvalue weighted by Crippen LogP contribution is -2.37. The Hall–Kier alpha value is -0.280. The van der Waals surface area contributed by atoms with E-state index in [9.17, 15) is 4.79 Å². The Labute approximate surface area is 108 Å². The van der Waals surface area contributed by atoms with Crippen molar-refractivity contribution in [2.24, 2.45) is 5.92 Å². The maximum Gasteiger partial charge on any atom is 0.358 e. The standard InChI is InChI=1S/C13H21ClO3/c1-11(2,3)16-10(15)13(14)12(4,17-13)9-7-5-6-8-9/h9H,5-8H2,1-4H3. The van der Waals surface area contributed by atoms with Gasteiger partial charge in [-0.1, -0.05) is 24.4 Å². The zero-order valence-corrected chi connectivity index (χ0v) is 11.8. The van der Waals surface area contributed by atoms with E-state index in [0.29, 0.717) is 5.92 Å². The lowest BCUT2D eigenvalue weighted by atomic mass is 9.89. The molecule has 2 unspecified atom stereocenters. The molecule has 1 aliphatic heterocycles. The Morgan fingerprint density at radius 2 is 1.88 bits per heavy atom. The molecule has 0 amide bonds. The van der Waals surface area contributed by atoms with E-state index in [0.717, 1.165) is 12.8 Å². The van der Waals surface area contributed by atoms with Gasteiger partial charge in [0.25, 0.3) is 5.06 Å². The fourth-order valence-electron chi connectivity index (χ4n) is 2.68. The van der Waals surface area contributed by atoms with E-state index in [1.165, 1.54) is 12.8 Å². The SMILES string of the molecule is CC(C)(C)OC(=O)C1(Cl)OC1(C)C1CCCC1. The van der Waals surface area contributed by atoms with E-state index >= 15 is 0 Å². The third kappa shape index (κ3) is 2.19. The Balaban J connectivity index is 2.05. The molecule has 0 radical (unpaired) electrons. The van der Waals surface area contributed by atoms with Crippen LogP contribution < -0.4 is 0 Å². The van der Waals surface area contributed by atoms with Crippen molar-refractivity contribution in [3.63, 3.8) is 0 Å². The lowest BCUT2D eigenvalue weighted by Gasteiger charge is -2.22. The molecule has 3 nitrogen and oxygen atoms in total. The number of hydrogen-bond donors (Lipinski definition) is 0. The van der Waals surface area contributed by atoms with E-state index < -0.39 is 22.2 Å². The number of carbonyl (C=O) groups is 1. The summed E-state index contributed by atoms with van der Waals surface area (Å²) in [6.45, 7) is 7.43. The second-order valence-corrected chi connectivity index (χ2v) is 6.82. The van der Waals surface area contributed by atoms with E-state index in [1.807, 2.05) is 27.7 Å². The van der Waals surface area contributed by atoms with Crippen LogP contribution in [0.4, 0.5) is 0 Å². The molecule has 1 saturated carbocycles. The monoisotopic (exact) mass is 260 g/mol. The number of alkyl halides is 1. The highest BCUT2D eigenvalue weighted by atomic mass is 35.5. The summed E-state index contributed by atoms with van der Waals surface area (Å²) in [5.41, 5.74) is -1.06. The molecule has 2 aliphatic rings. The highest BCUT2D eigenvalue weighted by Crippen LogP contribution is 2.60. The first-order valence-electron chi connectivity index (χ1n) is 6.31. The van der Waals surface area contributed by atoms with Crippen molar-refractivity contribution in [2.45, 2.75) is 69.6 Å². The third-order valence-electron chi connectivity index (χ3n) is 3.75. The minimum atomic E-state index is -1.25. The first-order valence-corrected chi connectivity index (χ1v) is 6.69. The van der Waals surface area contributed by atoms with Gasteiger partial charge in [0, 0.05) is 0 Å². The van der Waals surface area contributed by atoms with Crippen molar-refractivity contribution in [1.82, 2.24) is 0 Å². The van der Waals surface area contributed by atoms with Gasteiger partial charge in [-0.2, -0.15) is 0 Å². The normalized spacial score (nSPS) is 38.2. The smallest absolute Gasteiger partial charge is 0.358 e. The highest BCUT2D eigenvalue weighted by molar-refractivity contribution is 6.36. The molecule has 1 saturated heterocycles. The molecule has 2 rings (SSSR count). The predicted octanol–water partition coefficient (Wildman–Crippen LogP) is 3.24. The van der Waals surface area contributed by atoms with Crippen molar-refractivity contribution < 1.29 is 14.3 Å². The van der Waals surface area contributed by atoms with Crippen LogP contribution in [0.1, 0.15) is 53.4 Å². The van der Waals surface area contributed by atoms with Gasteiger partial charge in [0.05, 0.1) is 0 Å².